The van der Waals surface area contributed by atoms with E-state index in [1.54, 1.807) is 0 Å². The van der Waals surface area contributed by atoms with Crippen molar-refractivity contribution in [1.82, 2.24) is 4.90 Å². The Kier molecular flexibility index (Phi) is 32.6. The van der Waals surface area contributed by atoms with Crippen LogP contribution >= 0.6 is 0 Å². The van der Waals surface area contributed by atoms with Crippen molar-refractivity contribution in [3.05, 3.63) is 24.3 Å². The number of rotatable bonds is 32. The van der Waals surface area contributed by atoms with E-state index in [1.807, 2.05) is 19.0 Å². The molecule has 1 N–H and O–H groups in total. The van der Waals surface area contributed by atoms with Crippen molar-refractivity contribution in [3.63, 3.8) is 0 Å². The van der Waals surface area contributed by atoms with Crippen LogP contribution in [0.4, 0.5) is 4.79 Å². The zero-order valence-electron chi connectivity index (χ0n) is 28.9. The van der Waals surface area contributed by atoms with Crippen LogP contribution in [0.25, 0.3) is 0 Å². The van der Waals surface area contributed by atoms with Gasteiger partial charge < -0.3 is 24.2 Å². The van der Waals surface area contributed by atoms with Gasteiger partial charge in [-0.05, 0) is 78.3 Å². The quantitative estimate of drug-likeness (QED) is 0.0453. The number of carbonyl (C=O) groups is 2. The number of allylic oxidation sites excluding steroid dienone is 4. The zero-order valence-corrected chi connectivity index (χ0v) is 28.9. The molecular weight excluding hydrogens is 554 g/mol. The molecule has 0 rings (SSSR count). The molecule has 0 aliphatic rings. The predicted molar refractivity (Wildman–Crippen MR) is 183 cm³/mol. The third-order valence-corrected chi connectivity index (χ3v) is 7.70. The summed E-state index contributed by atoms with van der Waals surface area (Å²) in [6.07, 6.45) is 32.1. The van der Waals surface area contributed by atoms with E-state index < -0.39 is 6.16 Å². The van der Waals surface area contributed by atoms with Gasteiger partial charge in [-0.3, -0.25) is 4.79 Å². The summed E-state index contributed by atoms with van der Waals surface area (Å²) in [6, 6.07) is 0. The minimum absolute atomic E-state index is 0.165. The molecule has 7 heteroatoms. The summed E-state index contributed by atoms with van der Waals surface area (Å²) < 4.78 is 16.3. The molecule has 0 aromatic rings. The molecule has 1 atom stereocenters. The molecule has 0 aliphatic carbocycles. The van der Waals surface area contributed by atoms with Gasteiger partial charge in [-0.15, -0.1) is 0 Å². The first-order valence-electron chi connectivity index (χ1n) is 18.0. The lowest BCUT2D eigenvalue weighted by Crippen LogP contribution is -2.23. The van der Waals surface area contributed by atoms with Crippen molar-refractivity contribution in [2.75, 3.05) is 40.5 Å². The lowest BCUT2D eigenvalue weighted by atomic mass is 10.0. The lowest BCUT2D eigenvalue weighted by molar-refractivity contribution is -0.144. The molecule has 0 aromatic heterocycles. The molecule has 0 aliphatic heterocycles. The number of unbranched alkanes of at least 4 members (excludes halogenated alkanes) is 15. The maximum absolute atomic E-state index is 12.2. The molecule has 0 spiro atoms. The van der Waals surface area contributed by atoms with E-state index in [0.717, 1.165) is 83.6 Å². The second-order valence-corrected chi connectivity index (χ2v) is 12.3. The fourth-order valence-electron chi connectivity index (χ4n) is 4.97. The molecule has 0 fully saturated rings. The Morgan fingerprint density at radius 2 is 1.25 bits per heavy atom. The number of aliphatic hydroxyl groups is 1. The maximum Gasteiger partial charge on any atom is 0.508 e. The maximum atomic E-state index is 12.2. The smallest absolute Gasteiger partial charge is 0.466 e. The molecule has 0 saturated carbocycles. The first kappa shape index (κ1) is 42.1. The van der Waals surface area contributed by atoms with Gasteiger partial charge in [0.2, 0.25) is 0 Å². The van der Waals surface area contributed by atoms with E-state index in [0.29, 0.717) is 19.4 Å². The fourth-order valence-corrected chi connectivity index (χ4v) is 4.97. The van der Waals surface area contributed by atoms with Crippen molar-refractivity contribution in [2.24, 2.45) is 0 Å². The molecule has 7 nitrogen and oxygen atoms in total. The first-order chi connectivity index (χ1) is 21.5. The van der Waals surface area contributed by atoms with Crippen molar-refractivity contribution in [2.45, 2.75) is 161 Å². The Hall–Kier alpha value is -1.86. The average Bonchev–Trinajstić information content (AvgIpc) is 3.00. The molecule has 0 bridgehead atoms. The third kappa shape index (κ3) is 33.0. The van der Waals surface area contributed by atoms with Crippen molar-refractivity contribution >= 4 is 12.1 Å². The minimum atomic E-state index is -0.630. The second kappa shape index (κ2) is 34.0. The Morgan fingerprint density at radius 1 is 0.659 bits per heavy atom. The highest BCUT2D eigenvalue weighted by Crippen LogP contribution is 2.15. The molecular formula is C37H69NO6. The molecule has 0 aromatic carbocycles. The monoisotopic (exact) mass is 624 g/mol. The number of hydrogen-bond acceptors (Lipinski definition) is 7. The van der Waals surface area contributed by atoms with Crippen LogP contribution < -0.4 is 0 Å². The average molecular weight is 624 g/mol. The van der Waals surface area contributed by atoms with Gasteiger partial charge >= 0.3 is 12.1 Å². The van der Waals surface area contributed by atoms with Crippen LogP contribution in [-0.4, -0.2) is 68.7 Å². The van der Waals surface area contributed by atoms with Gasteiger partial charge in [0, 0.05) is 26.0 Å². The highest BCUT2D eigenvalue weighted by Gasteiger charge is 2.16. The number of esters is 1. The number of hydrogen-bond donors (Lipinski definition) is 1. The number of nitrogens with zero attached hydrogens (tertiary/aromatic N) is 1. The van der Waals surface area contributed by atoms with Gasteiger partial charge in [0.05, 0.1) is 13.2 Å². The summed E-state index contributed by atoms with van der Waals surface area (Å²) in [4.78, 5) is 26.5. The molecule has 44 heavy (non-hydrogen) atoms. The number of ether oxygens (including phenoxy) is 3. The highest BCUT2D eigenvalue weighted by molar-refractivity contribution is 5.69. The molecule has 1 unspecified atom stereocenters. The van der Waals surface area contributed by atoms with Crippen LogP contribution in [-0.2, 0) is 19.0 Å². The van der Waals surface area contributed by atoms with E-state index in [-0.39, 0.29) is 25.3 Å². The van der Waals surface area contributed by atoms with Crippen molar-refractivity contribution in [1.29, 1.82) is 0 Å². The summed E-state index contributed by atoms with van der Waals surface area (Å²) >= 11 is 0. The summed E-state index contributed by atoms with van der Waals surface area (Å²) in [7, 11) is 3.97. The molecule has 0 heterocycles. The Balaban J connectivity index is 4.06. The van der Waals surface area contributed by atoms with Crippen LogP contribution in [0.5, 0.6) is 0 Å². The van der Waals surface area contributed by atoms with E-state index in [4.69, 9.17) is 19.3 Å². The van der Waals surface area contributed by atoms with Gasteiger partial charge in [0.25, 0.3) is 0 Å². The van der Waals surface area contributed by atoms with Gasteiger partial charge in [0.15, 0.2) is 0 Å². The van der Waals surface area contributed by atoms with E-state index in [9.17, 15) is 9.59 Å². The fraction of sp³-hybridized carbons (Fsp3) is 0.838. The highest BCUT2D eigenvalue weighted by atomic mass is 16.7. The molecule has 0 saturated heterocycles. The zero-order chi connectivity index (χ0) is 32.4. The third-order valence-electron chi connectivity index (χ3n) is 7.70. The molecule has 0 radical (unpaired) electrons. The van der Waals surface area contributed by atoms with Gasteiger partial charge in [-0.2, -0.15) is 0 Å². The topological polar surface area (TPSA) is 85.3 Å². The Bertz CT molecular complexity index is 693. The van der Waals surface area contributed by atoms with Crippen LogP contribution in [0.15, 0.2) is 24.3 Å². The summed E-state index contributed by atoms with van der Waals surface area (Å²) in [5, 5.41) is 8.87. The van der Waals surface area contributed by atoms with Crippen LogP contribution in [0.1, 0.15) is 155 Å². The standard InChI is InChI=1S/C37H69NO6/c1-4-5-6-7-8-9-10-11-12-13-14-15-19-22-25-29-36(40)42-34-30-35(44-37(41)43-33-27-31-38(2)3)28-24-21-18-16-17-20-23-26-32-39/h8-9,11-12,35,39H,4-7,10,13-34H2,1-3H3. The van der Waals surface area contributed by atoms with Crippen LogP contribution in [0.3, 0.4) is 0 Å². The normalized spacial score (nSPS) is 12.4. The van der Waals surface area contributed by atoms with Crippen LogP contribution in [0.2, 0.25) is 0 Å². The van der Waals surface area contributed by atoms with Gasteiger partial charge in [-0.25, -0.2) is 4.79 Å². The van der Waals surface area contributed by atoms with E-state index in [1.165, 1.54) is 57.8 Å². The van der Waals surface area contributed by atoms with Gasteiger partial charge in [-0.1, -0.05) is 102 Å². The predicted octanol–water partition coefficient (Wildman–Crippen LogP) is 9.71. The number of carbonyl (C=O) groups excluding carboxylic acids is 2. The summed E-state index contributed by atoms with van der Waals surface area (Å²) in [5.41, 5.74) is 0. The van der Waals surface area contributed by atoms with Crippen molar-refractivity contribution < 1.29 is 28.9 Å². The lowest BCUT2D eigenvalue weighted by Gasteiger charge is -2.18. The van der Waals surface area contributed by atoms with Gasteiger partial charge in [0.1, 0.15) is 6.10 Å². The Labute approximate surface area is 271 Å². The SMILES string of the molecule is CCCCCC=CCC=CCCCCCCCC(=O)OCCC(CCCCCCCCCCO)OC(=O)OCCCN(C)C. The van der Waals surface area contributed by atoms with E-state index in [2.05, 4.69) is 31.2 Å². The molecule has 0 amide bonds. The number of aliphatic hydroxyl groups excluding tert-OH is 1. The Morgan fingerprint density at radius 3 is 1.89 bits per heavy atom. The summed E-state index contributed by atoms with van der Waals surface area (Å²) in [5.74, 6) is -0.165. The van der Waals surface area contributed by atoms with Crippen LogP contribution in [0, 0.1) is 0 Å². The largest absolute Gasteiger partial charge is 0.508 e. The van der Waals surface area contributed by atoms with Crippen molar-refractivity contribution in [3.8, 4) is 0 Å². The molecule has 258 valence electrons. The van der Waals surface area contributed by atoms with E-state index >= 15 is 0 Å². The second-order valence-electron chi connectivity index (χ2n) is 12.3. The summed E-state index contributed by atoms with van der Waals surface area (Å²) in [6.45, 7) is 3.97. The minimum Gasteiger partial charge on any atom is -0.466 e. The first-order valence-corrected chi connectivity index (χ1v) is 18.0.